The molecule has 0 spiro atoms. The third-order valence-electron chi connectivity index (χ3n) is 2.93. The van der Waals surface area contributed by atoms with Gasteiger partial charge in [-0.2, -0.15) is 0 Å². The predicted octanol–water partition coefficient (Wildman–Crippen LogP) is 1.83. The van der Waals surface area contributed by atoms with Gasteiger partial charge in [-0.05, 0) is 31.5 Å². The summed E-state index contributed by atoms with van der Waals surface area (Å²) in [6, 6.07) is 4.92. The number of rotatable bonds is 2. The minimum Gasteiger partial charge on any atom is -0.399 e. The van der Waals surface area contributed by atoms with Crippen LogP contribution in [0.25, 0.3) is 0 Å². The topological polar surface area (TPSA) is 64.3 Å². The Labute approximate surface area is 105 Å². The van der Waals surface area contributed by atoms with Crippen LogP contribution in [0.4, 0.5) is 5.69 Å². The Hall–Kier alpha value is -1.26. The molecule has 2 unspecified atom stereocenters. The van der Waals surface area contributed by atoms with Crippen LogP contribution in [0.3, 0.4) is 0 Å². The van der Waals surface area contributed by atoms with Crippen LogP contribution in [-0.4, -0.2) is 24.7 Å². The number of nitrogens with one attached hydrogen (secondary N) is 1. The number of ether oxygens (including phenoxy) is 1. The van der Waals surface area contributed by atoms with E-state index < -0.39 is 0 Å². The predicted molar refractivity (Wildman–Crippen MR) is 67.1 cm³/mol. The molecular weight excluding hydrogens is 240 g/mol. The normalized spacial score (nSPS) is 23.6. The first-order valence-corrected chi connectivity index (χ1v) is 5.93. The molecule has 0 radical (unpaired) electrons. The van der Waals surface area contributed by atoms with Gasteiger partial charge < -0.3 is 15.8 Å². The van der Waals surface area contributed by atoms with Gasteiger partial charge in [-0.15, -0.1) is 0 Å². The summed E-state index contributed by atoms with van der Waals surface area (Å²) in [7, 11) is 0. The van der Waals surface area contributed by atoms with Crippen LogP contribution in [-0.2, 0) is 4.74 Å². The minimum absolute atomic E-state index is 0.0405. The number of nitrogens with two attached hydrogens (primary N) is 1. The summed E-state index contributed by atoms with van der Waals surface area (Å²) in [5.74, 6) is -0.204. The van der Waals surface area contributed by atoms with Crippen LogP contribution >= 0.6 is 11.6 Å². The summed E-state index contributed by atoms with van der Waals surface area (Å²) in [4.78, 5) is 12.0. The summed E-state index contributed by atoms with van der Waals surface area (Å²) in [5.41, 5.74) is 6.57. The van der Waals surface area contributed by atoms with E-state index in [4.69, 9.17) is 22.1 Å². The van der Waals surface area contributed by atoms with E-state index in [9.17, 15) is 4.79 Å². The molecule has 1 aromatic carbocycles. The summed E-state index contributed by atoms with van der Waals surface area (Å²) in [6.45, 7) is 2.62. The Kier molecular flexibility index (Phi) is 3.54. The molecule has 0 aromatic heterocycles. The van der Waals surface area contributed by atoms with E-state index in [1.54, 1.807) is 18.2 Å². The summed E-state index contributed by atoms with van der Waals surface area (Å²) in [5, 5.41) is 3.31. The first kappa shape index (κ1) is 12.2. The molecule has 17 heavy (non-hydrogen) atoms. The van der Waals surface area contributed by atoms with Gasteiger partial charge in [0.2, 0.25) is 0 Å². The number of benzene rings is 1. The smallest absolute Gasteiger partial charge is 0.253 e. The van der Waals surface area contributed by atoms with Gasteiger partial charge in [0.25, 0.3) is 5.91 Å². The quantitative estimate of drug-likeness (QED) is 0.792. The lowest BCUT2D eigenvalue weighted by atomic mass is 10.1. The van der Waals surface area contributed by atoms with Gasteiger partial charge in [-0.1, -0.05) is 11.6 Å². The van der Waals surface area contributed by atoms with Crippen molar-refractivity contribution >= 4 is 23.2 Å². The van der Waals surface area contributed by atoms with Crippen LogP contribution in [0.2, 0.25) is 5.02 Å². The Morgan fingerprint density at radius 3 is 3.00 bits per heavy atom. The molecule has 4 nitrogen and oxygen atoms in total. The second-order valence-corrected chi connectivity index (χ2v) is 4.59. The van der Waals surface area contributed by atoms with E-state index in [1.165, 1.54) is 0 Å². The number of carbonyl (C=O) groups is 1. The summed E-state index contributed by atoms with van der Waals surface area (Å²) >= 11 is 5.97. The number of amides is 1. The molecule has 0 saturated carbocycles. The second-order valence-electron chi connectivity index (χ2n) is 4.18. The Morgan fingerprint density at radius 2 is 2.35 bits per heavy atom. The fraction of sp³-hybridized carbons (Fsp3) is 0.417. The highest BCUT2D eigenvalue weighted by Crippen LogP contribution is 2.20. The first-order valence-electron chi connectivity index (χ1n) is 5.55. The van der Waals surface area contributed by atoms with Crippen molar-refractivity contribution in [1.29, 1.82) is 0 Å². The van der Waals surface area contributed by atoms with E-state index in [-0.39, 0.29) is 18.1 Å². The third-order valence-corrected chi connectivity index (χ3v) is 3.26. The van der Waals surface area contributed by atoms with Crippen molar-refractivity contribution in [2.75, 3.05) is 12.3 Å². The lowest BCUT2D eigenvalue weighted by Gasteiger charge is -2.16. The maximum absolute atomic E-state index is 12.0. The maximum atomic E-state index is 12.0. The number of anilines is 1. The molecule has 2 rings (SSSR count). The van der Waals surface area contributed by atoms with Crippen molar-refractivity contribution in [2.45, 2.75) is 25.5 Å². The van der Waals surface area contributed by atoms with E-state index in [1.807, 2.05) is 6.92 Å². The average Bonchev–Trinajstić information content (AvgIpc) is 2.68. The number of hydrogen-bond donors (Lipinski definition) is 2. The van der Waals surface area contributed by atoms with Crippen molar-refractivity contribution in [3.63, 3.8) is 0 Å². The van der Waals surface area contributed by atoms with E-state index in [2.05, 4.69) is 5.32 Å². The lowest BCUT2D eigenvalue weighted by Crippen LogP contribution is -2.39. The van der Waals surface area contributed by atoms with E-state index in [0.29, 0.717) is 22.9 Å². The standard InChI is InChI=1S/C12H15ClN2O2/c1-7-11(4-5-17-7)15-12(16)9-6-8(14)2-3-10(9)13/h2-3,6-7,11H,4-5,14H2,1H3,(H,15,16). The molecule has 3 N–H and O–H groups in total. The molecule has 0 bridgehead atoms. The molecule has 1 aliphatic rings. The average molecular weight is 255 g/mol. The summed E-state index contributed by atoms with van der Waals surface area (Å²) in [6.07, 6.45) is 0.867. The van der Waals surface area contributed by atoms with Gasteiger partial charge in [0.15, 0.2) is 0 Å². The third kappa shape index (κ3) is 2.70. The Balaban J connectivity index is 2.11. The molecule has 1 saturated heterocycles. The first-order chi connectivity index (χ1) is 8.08. The van der Waals surface area contributed by atoms with Crippen LogP contribution < -0.4 is 11.1 Å². The SMILES string of the molecule is CC1OCCC1NC(=O)c1cc(N)ccc1Cl. The van der Waals surface area contributed by atoms with Crippen LogP contribution in [0.15, 0.2) is 18.2 Å². The van der Waals surface area contributed by atoms with Crippen molar-refractivity contribution in [2.24, 2.45) is 0 Å². The molecular formula is C12H15ClN2O2. The Morgan fingerprint density at radius 1 is 1.59 bits per heavy atom. The zero-order valence-electron chi connectivity index (χ0n) is 9.57. The van der Waals surface area contributed by atoms with Crippen LogP contribution in [0, 0.1) is 0 Å². The summed E-state index contributed by atoms with van der Waals surface area (Å²) < 4.78 is 5.38. The van der Waals surface area contributed by atoms with Gasteiger partial charge in [-0.25, -0.2) is 0 Å². The van der Waals surface area contributed by atoms with Crippen molar-refractivity contribution < 1.29 is 9.53 Å². The van der Waals surface area contributed by atoms with Crippen molar-refractivity contribution in [3.8, 4) is 0 Å². The largest absolute Gasteiger partial charge is 0.399 e. The van der Waals surface area contributed by atoms with Gasteiger partial charge in [0.05, 0.1) is 22.7 Å². The maximum Gasteiger partial charge on any atom is 0.253 e. The van der Waals surface area contributed by atoms with Crippen LogP contribution in [0.1, 0.15) is 23.7 Å². The molecule has 1 aromatic rings. The van der Waals surface area contributed by atoms with Gasteiger partial charge >= 0.3 is 0 Å². The van der Waals surface area contributed by atoms with E-state index in [0.717, 1.165) is 6.42 Å². The molecule has 2 atom stereocenters. The monoisotopic (exact) mass is 254 g/mol. The highest BCUT2D eigenvalue weighted by atomic mass is 35.5. The van der Waals surface area contributed by atoms with Gasteiger partial charge in [0.1, 0.15) is 0 Å². The van der Waals surface area contributed by atoms with Crippen molar-refractivity contribution in [1.82, 2.24) is 5.32 Å². The molecule has 1 heterocycles. The van der Waals surface area contributed by atoms with Crippen LogP contribution in [0.5, 0.6) is 0 Å². The zero-order valence-corrected chi connectivity index (χ0v) is 10.3. The highest BCUT2D eigenvalue weighted by molar-refractivity contribution is 6.34. The van der Waals surface area contributed by atoms with Gasteiger partial charge in [0, 0.05) is 12.3 Å². The molecule has 5 heteroatoms. The fourth-order valence-corrected chi connectivity index (χ4v) is 2.09. The lowest BCUT2D eigenvalue weighted by molar-refractivity contribution is 0.0866. The highest BCUT2D eigenvalue weighted by Gasteiger charge is 2.26. The molecule has 92 valence electrons. The molecule has 1 aliphatic heterocycles. The molecule has 1 amide bonds. The number of carbonyl (C=O) groups excluding carboxylic acids is 1. The Bertz CT molecular complexity index is 437. The second kappa shape index (κ2) is 4.94. The fourth-order valence-electron chi connectivity index (χ4n) is 1.88. The number of nitrogen functional groups attached to an aromatic ring is 1. The minimum atomic E-state index is -0.204. The van der Waals surface area contributed by atoms with Gasteiger partial charge in [-0.3, -0.25) is 4.79 Å². The van der Waals surface area contributed by atoms with Crippen molar-refractivity contribution in [3.05, 3.63) is 28.8 Å². The number of halogens is 1. The van der Waals surface area contributed by atoms with E-state index >= 15 is 0 Å². The molecule has 0 aliphatic carbocycles. The molecule has 1 fully saturated rings. The zero-order chi connectivity index (χ0) is 12.4. The number of hydrogen-bond acceptors (Lipinski definition) is 3.